The van der Waals surface area contributed by atoms with Crippen molar-refractivity contribution in [2.45, 2.75) is 24.5 Å². The monoisotopic (exact) mass is 390 g/mol. The number of hydrogen-bond acceptors (Lipinski definition) is 10. The average molecular weight is 390 g/mol. The number of fused-ring (bicyclic) bond motifs is 1. The summed E-state index contributed by atoms with van der Waals surface area (Å²) in [6.07, 6.45) is -0.418. The molecule has 0 spiro atoms. The second-order valence-electron chi connectivity index (χ2n) is 6.21. The van der Waals surface area contributed by atoms with E-state index in [0.717, 1.165) is 0 Å². The van der Waals surface area contributed by atoms with Gasteiger partial charge in [-0.3, -0.25) is 9.36 Å². The summed E-state index contributed by atoms with van der Waals surface area (Å²) in [5, 5.41) is 36.1. The molecule has 1 amide bonds. The highest BCUT2D eigenvalue weighted by Gasteiger charge is 2.44. The van der Waals surface area contributed by atoms with Gasteiger partial charge in [0.1, 0.15) is 23.8 Å². The Morgan fingerprint density at radius 3 is 2.82 bits per heavy atom. The van der Waals surface area contributed by atoms with Crippen molar-refractivity contribution in [1.29, 1.82) is 0 Å². The van der Waals surface area contributed by atoms with Gasteiger partial charge in [0, 0.05) is 13.2 Å². The summed E-state index contributed by atoms with van der Waals surface area (Å²) in [6.45, 7) is -0.459. The van der Waals surface area contributed by atoms with Gasteiger partial charge < -0.3 is 31.1 Å². The Balaban J connectivity index is 1.77. The maximum atomic E-state index is 11.7. The Morgan fingerprint density at radius 2 is 2.14 bits per heavy atom. The van der Waals surface area contributed by atoms with Crippen molar-refractivity contribution < 1.29 is 24.9 Å². The number of anilines is 1. The van der Waals surface area contributed by atoms with Crippen LogP contribution in [0.4, 0.5) is 5.82 Å². The van der Waals surface area contributed by atoms with E-state index in [9.17, 15) is 20.1 Å². The summed E-state index contributed by atoms with van der Waals surface area (Å²) in [5.41, 5.74) is 6.78. The number of nitrogen functional groups attached to an aromatic ring is 1. The second kappa shape index (κ2) is 6.79. The molecule has 1 saturated heterocycles. The number of amides is 1. The van der Waals surface area contributed by atoms with E-state index in [0.29, 0.717) is 5.56 Å². The number of nitrogens with two attached hydrogens (primary N) is 1. The molecule has 3 aromatic heterocycles. The SMILES string of the molecule is CNC(=O)c1cnn(-c2nc(N)c3ncn([C@@H]4OC(CO)[C@@H](O)[C@H]4O)c3n2)c1. The van der Waals surface area contributed by atoms with Crippen molar-refractivity contribution in [2.75, 3.05) is 19.4 Å². The largest absolute Gasteiger partial charge is 0.394 e. The van der Waals surface area contributed by atoms with Gasteiger partial charge in [-0.05, 0) is 0 Å². The van der Waals surface area contributed by atoms with Crippen LogP contribution < -0.4 is 11.1 Å². The number of carbonyl (C=O) groups excluding carboxylic acids is 1. The third kappa shape index (κ3) is 2.77. The third-order valence-electron chi connectivity index (χ3n) is 4.50. The molecule has 4 atom stereocenters. The van der Waals surface area contributed by atoms with Crippen LogP contribution in [0, 0.1) is 0 Å². The molecule has 4 heterocycles. The first-order valence-corrected chi connectivity index (χ1v) is 8.34. The first-order chi connectivity index (χ1) is 13.4. The van der Waals surface area contributed by atoms with Gasteiger partial charge in [-0.25, -0.2) is 9.67 Å². The number of aromatic nitrogens is 6. The number of imidazole rings is 1. The molecule has 13 nitrogen and oxygen atoms in total. The van der Waals surface area contributed by atoms with Crippen molar-refractivity contribution in [3.05, 3.63) is 24.3 Å². The fourth-order valence-electron chi connectivity index (χ4n) is 3.02. The topological polar surface area (TPSA) is 186 Å². The molecular formula is C15H18N8O5. The molecule has 0 aromatic carbocycles. The number of carbonyl (C=O) groups is 1. The molecule has 6 N–H and O–H groups in total. The normalized spacial score (nSPS) is 24.7. The lowest BCUT2D eigenvalue weighted by Gasteiger charge is -2.16. The van der Waals surface area contributed by atoms with Crippen molar-refractivity contribution in [3.8, 4) is 5.95 Å². The number of hydrogen-bond donors (Lipinski definition) is 5. The fourth-order valence-corrected chi connectivity index (χ4v) is 3.02. The number of nitrogens with zero attached hydrogens (tertiary/aromatic N) is 6. The summed E-state index contributed by atoms with van der Waals surface area (Å²) in [7, 11) is 1.50. The Bertz CT molecular complexity index is 1030. The molecule has 4 rings (SSSR count). The molecule has 148 valence electrons. The predicted octanol–water partition coefficient (Wildman–Crippen LogP) is -2.43. The van der Waals surface area contributed by atoms with E-state index in [1.807, 2.05) is 0 Å². The predicted molar refractivity (Wildman–Crippen MR) is 93.3 cm³/mol. The van der Waals surface area contributed by atoms with Gasteiger partial charge in [0.15, 0.2) is 17.7 Å². The van der Waals surface area contributed by atoms with Gasteiger partial charge in [0.2, 0.25) is 0 Å². The number of aliphatic hydroxyl groups excluding tert-OH is 3. The minimum atomic E-state index is -1.31. The molecule has 3 aromatic rings. The van der Waals surface area contributed by atoms with Crippen molar-refractivity contribution in [1.82, 2.24) is 34.6 Å². The maximum Gasteiger partial charge on any atom is 0.254 e. The van der Waals surface area contributed by atoms with Crippen LogP contribution in [0.1, 0.15) is 16.6 Å². The minimum Gasteiger partial charge on any atom is -0.394 e. The lowest BCUT2D eigenvalue weighted by atomic mass is 10.1. The highest BCUT2D eigenvalue weighted by molar-refractivity contribution is 5.93. The molecule has 28 heavy (non-hydrogen) atoms. The van der Waals surface area contributed by atoms with Gasteiger partial charge in [-0.1, -0.05) is 0 Å². The van der Waals surface area contributed by atoms with Crippen LogP contribution >= 0.6 is 0 Å². The van der Waals surface area contributed by atoms with Gasteiger partial charge in [-0.15, -0.1) is 0 Å². The zero-order chi connectivity index (χ0) is 20.0. The number of ether oxygens (including phenoxy) is 1. The lowest BCUT2D eigenvalue weighted by molar-refractivity contribution is -0.0511. The van der Waals surface area contributed by atoms with Crippen LogP contribution in [0.2, 0.25) is 0 Å². The van der Waals surface area contributed by atoms with E-state index >= 15 is 0 Å². The Labute approximate surface area is 157 Å². The van der Waals surface area contributed by atoms with E-state index in [-0.39, 0.29) is 28.8 Å². The van der Waals surface area contributed by atoms with E-state index in [1.165, 1.54) is 35.0 Å². The average Bonchev–Trinajstić information content (AvgIpc) is 3.40. The summed E-state index contributed by atoms with van der Waals surface area (Å²) in [5.74, 6) is -0.187. The highest BCUT2D eigenvalue weighted by atomic mass is 16.6. The second-order valence-corrected chi connectivity index (χ2v) is 6.21. The zero-order valence-electron chi connectivity index (χ0n) is 14.7. The molecule has 0 bridgehead atoms. The maximum absolute atomic E-state index is 11.7. The molecule has 1 unspecified atom stereocenters. The summed E-state index contributed by atoms with van der Waals surface area (Å²) in [4.78, 5) is 24.4. The highest BCUT2D eigenvalue weighted by Crippen LogP contribution is 2.32. The molecule has 0 radical (unpaired) electrons. The lowest BCUT2D eigenvalue weighted by Crippen LogP contribution is -2.33. The van der Waals surface area contributed by atoms with Crippen LogP contribution in [0.25, 0.3) is 17.1 Å². The molecule has 1 fully saturated rings. The molecule has 1 aliphatic rings. The number of rotatable bonds is 4. The Kier molecular flexibility index (Phi) is 4.43. The summed E-state index contributed by atoms with van der Waals surface area (Å²) in [6, 6.07) is 0. The van der Waals surface area contributed by atoms with E-state index in [2.05, 4.69) is 25.4 Å². The molecule has 13 heteroatoms. The first-order valence-electron chi connectivity index (χ1n) is 8.34. The molecule has 1 aliphatic heterocycles. The van der Waals surface area contributed by atoms with Crippen LogP contribution in [0.3, 0.4) is 0 Å². The molecule has 0 aliphatic carbocycles. The first kappa shape index (κ1) is 18.2. The van der Waals surface area contributed by atoms with E-state index in [1.54, 1.807) is 0 Å². The van der Waals surface area contributed by atoms with Crippen molar-refractivity contribution >= 4 is 22.9 Å². The van der Waals surface area contributed by atoms with Crippen LogP contribution in [-0.4, -0.2) is 82.5 Å². The van der Waals surface area contributed by atoms with Gasteiger partial charge >= 0.3 is 0 Å². The van der Waals surface area contributed by atoms with Crippen molar-refractivity contribution in [3.63, 3.8) is 0 Å². The summed E-state index contributed by atoms with van der Waals surface area (Å²) >= 11 is 0. The van der Waals surface area contributed by atoms with Crippen molar-refractivity contribution in [2.24, 2.45) is 0 Å². The smallest absolute Gasteiger partial charge is 0.254 e. The Morgan fingerprint density at radius 1 is 1.36 bits per heavy atom. The third-order valence-corrected chi connectivity index (χ3v) is 4.50. The quantitative estimate of drug-likeness (QED) is 0.320. The molecular weight excluding hydrogens is 372 g/mol. The summed E-state index contributed by atoms with van der Waals surface area (Å²) < 4.78 is 8.18. The van der Waals surface area contributed by atoms with Crippen LogP contribution in [0.5, 0.6) is 0 Å². The minimum absolute atomic E-state index is 0.0579. The van der Waals surface area contributed by atoms with E-state index < -0.39 is 31.1 Å². The number of nitrogens with one attached hydrogen (secondary N) is 1. The Hall–Kier alpha value is -3.13. The fraction of sp³-hybridized carbons (Fsp3) is 0.400. The van der Waals surface area contributed by atoms with E-state index in [4.69, 9.17) is 10.5 Å². The zero-order valence-corrected chi connectivity index (χ0v) is 14.7. The van der Waals surface area contributed by atoms with Gasteiger partial charge in [0.05, 0.1) is 24.7 Å². The van der Waals surface area contributed by atoms with Gasteiger partial charge in [0.25, 0.3) is 11.9 Å². The molecule has 0 saturated carbocycles. The van der Waals surface area contributed by atoms with Crippen LogP contribution in [0.15, 0.2) is 18.7 Å². The number of aliphatic hydroxyl groups is 3. The standard InChI is InChI=1S/C15H18N8O5/c1-17-13(27)6-2-19-23(3-6)15-20-11(16)8-12(21-15)22(5-18-8)14-10(26)9(25)7(4-24)28-14/h2-3,5,7,9-10,14,24-26H,4H2,1H3,(H,17,27)(H2,16,20,21)/t7?,9-,10-,14-/m1/s1. The van der Waals surface area contributed by atoms with Crippen LogP contribution in [-0.2, 0) is 4.74 Å². The van der Waals surface area contributed by atoms with Gasteiger partial charge in [-0.2, -0.15) is 15.1 Å².